The van der Waals surface area contributed by atoms with Crippen LogP contribution in [0.4, 0.5) is 21.5 Å². The third-order valence-electron chi connectivity index (χ3n) is 5.92. The number of carbonyl (C=O) groups excluding carboxylic acids is 2. The average molecular weight is 482 g/mol. The second-order valence-electron chi connectivity index (χ2n) is 8.28. The maximum atomic E-state index is 13.4. The fourth-order valence-corrected chi connectivity index (χ4v) is 4.24. The molecule has 6 nitrogen and oxygen atoms in total. The van der Waals surface area contributed by atoms with E-state index in [1.807, 2.05) is 61.5 Å². The first-order valence-corrected chi connectivity index (χ1v) is 11.6. The molecule has 0 radical (unpaired) electrons. The van der Waals surface area contributed by atoms with Gasteiger partial charge in [-0.3, -0.25) is 14.5 Å². The zero-order valence-corrected chi connectivity index (χ0v) is 19.6. The summed E-state index contributed by atoms with van der Waals surface area (Å²) >= 11 is 0. The van der Waals surface area contributed by atoms with Crippen molar-refractivity contribution < 1.29 is 18.7 Å². The molecule has 4 aromatic rings. The van der Waals surface area contributed by atoms with Crippen LogP contribution in [-0.4, -0.2) is 18.4 Å². The van der Waals surface area contributed by atoms with E-state index in [0.29, 0.717) is 29.1 Å². The van der Waals surface area contributed by atoms with Gasteiger partial charge in [-0.2, -0.15) is 0 Å². The molecule has 180 valence electrons. The zero-order chi connectivity index (χ0) is 25.1. The molecule has 36 heavy (non-hydrogen) atoms. The number of carbonyl (C=O) groups is 2. The van der Waals surface area contributed by atoms with Crippen molar-refractivity contribution in [3.8, 4) is 5.75 Å². The summed E-state index contributed by atoms with van der Waals surface area (Å²) in [5.41, 5.74) is 3.78. The van der Waals surface area contributed by atoms with Gasteiger partial charge in [-0.05, 0) is 79.7 Å². The van der Waals surface area contributed by atoms with Crippen LogP contribution in [0.1, 0.15) is 39.4 Å². The predicted molar refractivity (Wildman–Crippen MR) is 138 cm³/mol. The summed E-state index contributed by atoms with van der Waals surface area (Å²) < 4.78 is 18.7. The number of hydrogen-bond donors (Lipinski definition) is 2. The number of halogens is 1. The minimum Gasteiger partial charge on any atom is -0.494 e. The smallest absolute Gasteiger partial charge is 0.260 e. The molecular formula is C29H24FN3O3. The molecule has 2 amide bonds. The molecule has 0 fully saturated rings. The first-order valence-electron chi connectivity index (χ1n) is 11.6. The van der Waals surface area contributed by atoms with Crippen molar-refractivity contribution >= 4 is 28.9 Å². The van der Waals surface area contributed by atoms with Crippen LogP contribution in [0.15, 0.2) is 97.1 Å². The number of anilines is 3. The van der Waals surface area contributed by atoms with Gasteiger partial charge in [-0.1, -0.05) is 24.3 Å². The SMILES string of the molecule is CCOc1ccc(N2C(=O)c3ccccc3C2Nc2cccc(C(=O)Nc3ccc(F)cc3)c2)cc1. The lowest BCUT2D eigenvalue weighted by Crippen LogP contribution is -2.32. The number of rotatable bonds is 7. The molecule has 2 N–H and O–H groups in total. The van der Waals surface area contributed by atoms with E-state index in [1.165, 1.54) is 24.3 Å². The second-order valence-corrected chi connectivity index (χ2v) is 8.28. The number of ether oxygens (including phenoxy) is 1. The first kappa shape index (κ1) is 23.1. The molecule has 0 saturated heterocycles. The quantitative estimate of drug-likeness (QED) is 0.327. The van der Waals surface area contributed by atoms with Gasteiger partial charge in [0.15, 0.2) is 0 Å². The maximum absolute atomic E-state index is 13.4. The highest BCUT2D eigenvalue weighted by Gasteiger charge is 2.37. The molecule has 1 aliphatic heterocycles. The normalized spacial score (nSPS) is 14.3. The van der Waals surface area contributed by atoms with Crippen LogP contribution in [0.3, 0.4) is 0 Å². The standard InChI is InChI=1S/C29H24FN3O3/c1-2-36-24-16-14-23(15-17-24)33-27(25-8-3-4-9-26(25)29(33)35)31-22-7-5-6-19(18-22)28(34)32-21-12-10-20(30)11-13-21/h3-18,27,31H,2H2,1H3,(H,32,34). The largest absolute Gasteiger partial charge is 0.494 e. The molecule has 1 aliphatic rings. The Kier molecular flexibility index (Phi) is 6.36. The minimum atomic E-state index is -0.470. The fraction of sp³-hybridized carbons (Fsp3) is 0.103. The van der Waals surface area contributed by atoms with Gasteiger partial charge < -0.3 is 15.4 Å². The molecule has 7 heteroatoms. The summed E-state index contributed by atoms with van der Waals surface area (Å²) in [6, 6.07) is 27.5. The number of fused-ring (bicyclic) bond motifs is 1. The second kappa shape index (κ2) is 9.92. The Morgan fingerprint density at radius 2 is 1.67 bits per heavy atom. The molecule has 5 rings (SSSR count). The Morgan fingerprint density at radius 1 is 0.917 bits per heavy atom. The Morgan fingerprint density at radius 3 is 2.42 bits per heavy atom. The minimum absolute atomic E-state index is 0.113. The van der Waals surface area contributed by atoms with Crippen LogP contribution >= 0.6 is 0 Å². The lowest BCUT2D eigenvalue weighted by molar-refractivity contribution is 0.0990. The topological polar surface area (TPSA) is 70.7 Å². The Balaban J connectivity index is 1.42. The Hall–Kier alpha value is -4.65. The Labute approximate surface area is 208 Å². The third kappa shape index (κ3) is 4.63. The molecule has 4 aromatic carbocycles. The number of amides is 2. The fourth-order valence-electron chi connectivity index (χ4n) is 4.24. The zero-order valence-electron chi connectivity index (χ0n) is 19.6. The van der Waals surface area contributed by atoms with Gasteiger partial charge >= 0.3 is 0 Å². The molecule has 1 heterocycles. The lowest BCUT2D eigenvalue weighted by Gasteiger charge is -2.27. The molecule has 0 saturated carbocycles. The van der Waals surface area contributed by atoms with Crippen molar-refractivity contribution in [3.63, 3.8) is 0 Å². The summed E-state index contributed by atoms with van der Waals surface area (Å²) in [6.45, 7) is 2.48. The van der Waals surface area contributed by atoms with Gasteiger partial charge in [0.25, 0.3) is 11.8 Å². The number of nitrogens with zero attached hydrogens (tertiary/aromatic N) is 1. The summed E-state index contributed by atoms with van der Waals surface area (Å²) in [5.74, 6) is -0.0774. The summed E-state index contributed by atoms with van der Waals surface area (Å²) in [6.07, 6.45) is -0.470. The molecule has 0 aliphatic carbocycles. The molecule has 0 aromatic heterocycles. The van der Waals surface area contributed by atoms with E-state index in [0.717, 1.165) is 17.0 Å². The van der Waals surface area contributed by atoms with Crippen LogP contribution in [0.5, 0.6) is 5.75 Å². The highest BCUT2D eigenvalue weighted by atomic mass is 19.1. The van der Waals surface area contributed by atoms with E-state index in [4.69, 9.17) is 4.74 Å². The van der Waals surface area contributed by atoms with E-state index in [-0.39, 0.29) is 17.6 Å². The van der Waals surface area contributed by atoms with Crippen LogP contribution in [0.2, 0.25) is 0 Å². The van der Waals surface area contributed by atoms with Crippen molar-refractivity contribution in [1.82, 2.24) is 0 Å². The summed E-state index contributed by atoms with van der Waals surface area (Å²) in [7, 11) is 0. The highest BCUT2D eigenvalue weighted by molar-refractivity contribution is 6.11. The van der Waals surface area contributed by atoms with Gasteiger partial charge in [0.05, 0.1) is 6.61 Å². The van der Waals surface area contributed by atoms with E-state index in [9.17, 15) is 14.0 Å². The van der Waals surface area contributed by atoms with Gasteiger partial charge in [0.1, 0.15) is 17.7 Å². The molecular weight excluding hydrogens is 457 g/mol. The lowest BCUT2D eigenvalue weighted by atomic mass is 10.1. The van der Waals surface area contributed by atoms with Crippen LogP contribution in [0, 0.1) is 5.82 Å². The number of benzene rings is 4. The van der Waals surface area contributed by atoms with Crippen molar-refractivity contribution in [2.45, 2.75) is 13.1 Å². The monoisotopic (exact) mass is 481 g/mol. The van der Waals surface area contributed by atoms with Crippen molar-refractivity contribution in [1.29, 1.82) is 0 Å². The van der Waals surface area contributed by atoms with Crippen LogP contribution < -0.4 is 20.3 Å². The molecule has 0 spiro atoms. The predicted octanol–water partition coefficient (Wildman–Crippen LogP) is 6.25. The maximum Gasteiger partial charge on any atom is 0.260 e. The van der Waals surface area contributed by atoms with Crippen molar-refractivity contribution in [2.75, 3.05) is 22.1 Å². The average Bonchev–Trinajstić information content (AvgIpc) is 3.17. The number of nitrogens with one attached hydrogen (secondary N) is 2. The van der Waals surface area contributed by atoms with Gasteiger partial charge in [-0.15, -0.1) is 0 Å². The number of hydrogen-bond acceptors (Lipinski definition) is 4. The van der Waals surface area contributed by atoms with Crippen molar-refractivity contribution in [3.05, 3.63) is 120 Å². The van der Waals surface area contributed by atoms with Crippen LogP contribution in [-0.2, 0) is 0 Å². The van der Waals surface area contributed by atoms with Gasteiger partial charge in [0, 0.05) is 33.8 Å². The molecule has 1 atom stereocenters. The summed E-state index contributed by atoms with van der Waals surface area (Å²) in [4.78, 5) is 27.9. The molecule has 0 bridgehead atoms. The van der Waals surface area contributed by atoms with E-state index in [2.05, 4.69) is 10.6 Å². The molecule has 1 unspecified atom stereocenters. The van der Waals surface area contributed by atoms with Gasteiger partial charge in [0.2, 0.25) is 0 Å². The van der Waals surface area contributed by atoms with Crippen molar-refractivity contribution in [2.24, 2.45) is 0 Å². The van der Waals surface area contributed by atoms with E-state index >= 15 is 0 Å². The Bertz CT molecular complexity index is 1400. The first-order chi connectivity index (χ1) is 17.5. The summed E-state index contributed by atoms with van der Waals surface area (Å²) in [5, 5.41) is 6.20. The van der Waals surface area contributed by atoms with Gasteiger partial charge in [-0.25, -0.2) is 4.39 Å². The van der Waals surface area contributed by atoms with E-state index < -0.39 is 6.17 Å². The highest BCUT2D eigenvalue weighted by Crippen LogP contribution is 2.38. The van der Waals surface area contributed by atoms with E-state index in [1.54, 1.807) is 23.1 Å². The third-order valence-corrected chi connectivity index (χ3v) is 5.92. The van der Waals surface area contributed by atoms with Crippen LogP contribution in [0.25, 0.3) is 0 Å².